The quantitative estimate of drug-likeness (QED) is 0.723. The fourth-order valence-electron chi connectivity index (χ4n) is 1.67. The van der Waals surface area contributed by atoms with Gasteiger partial charge in [-0.05, 0) is 31.9 Å². The summed E-state index contributed by atoms with van der Waals surface area (Å²) < 4.78 is 2.24. The molecule has 0 saturated heterocycles. The Morgan fingerprint density at radius 2 is 2.33 bits per heavy atom. The van der Waals surface area contributed by atoms with Crippen molar-refractivity contribution in [3.63, 3.8) is 0 Å². The minimum atomic E-state index is 0.206. The molecule has 0 aromatic carbocycles. The number of aryl methyl sites for hydroxylation is 1. The molecule has 0 aliphatic heterocycles. The Morgan fingerprint density at radius 1 is 1.53 bits per heavy atom. The number of nitrogens with two attached hydrogens (primary N) is 1. The zero-order chi connectivity index (χ0) is 11.1. The second-order valence-electron chi connectivity index (χ2n) is 3.99. The van der Waals surface area contributed by atoms with E-state index in [-0.39, 0.29) is 6.04 Å². The minimum absolute atomic E-state index is 0.206. The summed E-state index contributed by atoms with van der Waals surface area (Å²) in [5, 5.41) is 8.42. The molecule has 0 spiro atoms. The Bertz CT molecular complexity index is 320. The molecule has 1 rings (SSSR count). The topological polar surface area (TPSA) is 54.7 Å². The fourth-order valence-corrected chi connectivity index (χ4v) is 1.67. The Balaban J connectivity index is 2.40. The zero-order valence-electron chi connectivity index (χ0n) is 9.32. The molecule has 82 valence electrons. The predicted octanol–water partition coefficient (Wildman–Crippen LogP) is 2.07. The van der Waals surface area contributed by atoms with Gasteiger partial charge in [0.15, 0.2) is 0 Å². The highest BCUT2D eigenvalue weighted by Crippen LogP contribution is 2.07. The van der Waals surface area contributed by atoms with Crippen molar-refractivity contribution in [1.82, 2.24) is 4.57 Å². The van der Waals surface area contributed by atoms with E-state index >= 15 is 0 Å². The Hall–Kier alpha value is -1.27. The number of nitrogens with zero attached hydrogens (tertiary/aromatic N) is 2. The maximum absolute atomic E-state index is 8.42. The second kappa shape index (κ2) is 6.26. The Morgan fingerprint density at radius 3 is 3.00 bits per heavy atom. The summed E-state index contributed by atoms with van der Waals surface area (Å²) in [5.41, 5.74) is 7.07. The van der Waals surface area contributed by atoms with E-state index in [9.17, 15) is 0 Å². The summed E-state index contributed by atoms with van der Waals surface area (Å²) in [6.45, 7) is 3.02. The molecule has 3 nitrogen and oxygen atoms in total. The summed E-state index contributed by atoms with van der Waals surface area (Å²) in [4.78, 5) is 0. The van der Waals surface area contributed by atoms with E-state index in [0.29, 0.717) is 6.42 Å². The second-order valence-corrected chi connectivity index (χ2v) is 3.99. The van der Waals surface area contributed by atoms with E-state index in [4.69, 9.17) is 11.0 Å². The van der Waals surface area contributed by atoms with Gasteiger partial charge in [-0.2, -0.15) is 5.26 Å². The van der Waals surface area contributed by atoms with Gasteiger partial charge in [0.25, 0.3) is 0 Å². The van der Waals surface area contributed by atoms with Gasteiger partial charge in [0.05, 0.1) is 6.07 Å². The van der Waals surface area contributed by atoms with Crippen LogP contribution in [0.5, 0.6) is 0 Å². The molecule has 0 aliphatic rings. The average Bonchev–Trinajstić information content (AvgIpc) is 2.59. The zero-order valence-corrected chi connectivity index (χ0v) is 9.32. The molecule has 0 fully saturated rings. The maximum atomic E-state index is 8.42. The van der Waals surface area contributed by atoms with Gasteiger partial charge in [-0.25, -0.2) is 0 Å². The van der Waals surface area contributed by atoms with Crippen LogP contribution >= 0.6 is 0 Å². The molecule has 0 amide bonds. The lowest BCUT2D eigenvalue weighted by Gasteiger charge is -2.10. The lowest BCUT2D eigenvalue weighted by Crippen LogP contribution is -2.19. The third-order valence-corrected chi connectivity index (χ3v) is 2.39. The normalized spacial score (nSPS) is 12.3. The van der Waals surface area contributed by atoms with Crippen molar-refractivity contribution < 1.29 is 0 Å². The van der Waals surface area contributed by atoms with Crippen LogP contribution in [0.25, 0.3) is 0 Å². The largest absolute Gasteiger partial charge is 0.351 e. The van der Waals surface area contributed by atoms with Crippen LogP contribution in [0, 0.1) is 11.3 Å². The fraction of sp³-hybridized carbons (Fsp3) is 0.583. The van der Waals surface area contributed by atoms with Gasteiger partial charge < -0.3 is 10.3 Å². The number of unbranched alkanes of at least 4 members (excludes halogenated alkanes) is 2. The number of rotatable bonds is 6. The number of nitriles is 1. The molecule has 0 bridgehead atoms. The molecule has 3 heteroatoms. The molecule has 0 radical (unpaired) electrons. The first-order chi connectivity index (χ1) is 7.24. The van der Waals surface area contributed by atoms with Gasteiger partial charge in [-0.3, -0.25) is 0 Å². The summed E-state index contributed by atoms with van der Waals surface area (Å²) >= 11 is 0. The first-order valence-corrected chi connectivity index (χ1v) is 5.50. The number of hydrogen-bond donors (Lipinski definition) is 1. The van der Waals surface area contributed by atoms with Crippen molar-refractivity contribution in [1.29, 1.82) is 5.26 Å². The lowest BCUT2D eigenvalue weighted by atomic mass is 10.2. The molecule has 0 aliphatic carbocycles. The number of hydrogen-bond acceptors (Lipinski definition) is 2. The van der Waals surface area contributed by atoms with Crippen LogP contribution in [0.1, 0.15) is 31.9 Å². The molecular weight excluding hydrogens is 186 g/mol. The molecule has 2 N–H and O–H groups in total. The van der Waals surface area contributed by atoms with Crippen LogP contribution in [0.15, 0.2) is 18.3 Å². The first-order valence-electron chi connectivity index (χ1n) is 5.50. The van der Waals surface area contributed by atoms with Crippen LogP contribution < -0.4 is 5.73 Å². The summed E-state index contributed by atoms with van der Waals surface area (Å²) in [6.07, 6.45) is 5.71. The van der Waals surface area contributed by atoms with Gasteiger partial charge >= 0.3 is 0 Å². The van der Waals surface area contributed by atoms with Gasteiger partial charge in [0.1, 0.15) is 0 Å². The van der Waals surface area contributed by atoms with Crippen molar-refractivity contribution in [3.05, 3.63) is 24.0 Å². The minimum Gasteiger partial charge on any atom is -0.351 e. The average molecular weight is 205 g/mol. The van der Waals surface area contributed by atoms with E-state index in [0.717, 1.165) is 25.8 Å². The highest BCUT2D eigenvalue weighted by atomic mass is 15.0. The van der Waals surface area contributed by atoms with Crippen molar-refractivity contribution >= 4 is 0 Å². The van der Waals surface area contributed by atoms with Gasteiger partial charge in [-0.1, -0.05) is 0 Å². The lowest BCUT2D eigenvalue weighted by molar-refractivity contribution is 0.582. The molecule has 1 aromatic rings. The first kappa shape index (κ1) is 11.8. The highest BCUT2D eigenvalue weighted by Gasteiger charge is 2.03. The van der Waals surface area contributed by atoms with E-state index in [1.54, 1.807) is 0 Å². The van der Waals surface area contributed by atoms with Crippen LogP contribution in [0.3, 0.4) is 0 Å². The molecule has 15 heavy (non-hydrogen) atoms. The molecule has 1 unspecified atom stereocenters. The van der Waals surface area contributed by atoms with Crippen LogP contribution in [-0.2, 0) is 13.0 Å². The number of aromatic nitrogens is 1. The van der Waals surface area contributed by atoms with E-state index in [1.165, 1.54) is 5.69 Å². The van der Waals surface area contributed by atoms with Crippen molar-refractivity contribution in [3.8, 4) is 6.07 Å². The van der Waals surface area contributed by atoms with Crippen molar-refractivity contribution in [2.24, 2.45) is 5.73 Å². The third kappa shape index (κ3) is 4.18. The molecular formula is C12H19N3. The summed E-state index contributed by atoms with van der Waals surface area (Å²) in [5.74, 6) is 0. The van der Waals surface area contributed by atoms with Crippen LogP contribution in [-0.4, -0.2) is 10.6 Å². The van der Waals surface area contributed by atoms with E-state index in [1.807, 2.05) is 6.92 Å². The Labute approximate surface area is 91.5 Å². The van der Waals surface area contributed by atoms with Gasteiger partial charge in [-0.15, -0.1) is 0 Å². The Kier molecular flexibility index (Phi) is 4.92. The van der Waals surface area contributed by atoms with Crippen molar-refractivity contribution in [2.75, 3.05) is 0 Å². The maximum Gasteiger partial charge on any atom is 0.0621 e. The molecule has 1 aromatic heterocycles. The summed E-state index contributed by atoms with van der Waals surface area (Å²) in [6, 6.07) is 6.55. The van der Waals surface area contributed by atoms with Gasteiger partial charge in [0.2, 0.25) is 0 Å². The van der Waals surface area contributed by atoms with Crippen molar-refractivity contribution in [2.45, 2.75) is 45.2 Å². The monoisotopic (exact) mass is 205 g/mol. The predicted molar refractivity (Wildman–Crippen MR) is 61.2 cm³/mol. The van der Waals surface area contributed by atoms with Gasteiger partial charge in [0, 0.05) is 37.3 Å². The van der Waals surface area contributed by atoms with Crippen LogP contribution in [0.2, 0.25) is 0 Å². The standard InChI is InChI=1S/C12H19N3/c1-11(14)10-12-6-5-9-15(12)8-4-2-3-7-13/h5-6,9,11H,2-4,8,10,14H2,1H3. The molecule has 1 heterocycles. The molecule has 1 atom stereocenters. The third-order valence-electron chi connectivity index (χ3n) is 2.39. The molecule has 0 saturated carbocycles. The SMILES string of the molecule is CC(N)Cc1cccn1CCCCC#N. The smallest absolute Gasteiger partial charge is 0.0621 e. The summed E-state index contributed by atoms with van der Waals surface area (Å²) in [7, 11) is 0. The van der Waals surface area contributed by atoms with E-state index < -0.39 is 0 Å². The van der Waals surface area contributed by atoms with E-state index in [2.05, 4.69) is 29.0 Å². The van der Waals surface area contributed by atoms with Crippen LogP contribution in [0.4, 0.5) is 0 Å². The highest BCUT2D eigenvalue weighted by molar-refractivity contribution is 5.08.